The van der Waals surface area contributed by atoms with Gasteiger partial charge in [0.1, 0.15) is 5.97 Å². The van der Waals surface area contributed by atoms with E-state index in [0.29, 0.717) is 12.8 Å². The third kappa shape index (κ3) is 12.2. The minimum atomic E-state index is -2.09. The Balaban J connectivity index is 3.92. The van der Waals surface area contributed by atoms with Crippen molar-refractivity contribution in [2.24, 2.45) is 0 Å². The Morgan fingerprint density at radius 3 is 1.50 bits per heavy atom. The second-order valence-electron chi connectivity index (χ2n) is 10.3. The Bertz CT molecular complexity index is 563. The van der Waals surface area contributed by atoms with Crippen LogP contribution in [0.2, 0.25) is 0 Å². The number of carboxylic acid groups (broad SMARTS) is 2. The predicted octanol–water partition coefficient (Wildman–Crippen LogP) is 4.77. The van der Waals surface area contributed by atoms with Crippen LogP contribution >= 0.6 is 0 Å². The molecule has 0 aromatic rings. The number of carbonyl (C=O) groups is 3. The monoisotopic (exact) mass is 484 g/mol. The maximum Gasteiger partial charge on any atom is 0.372 e. The zero-order valence-corrected chi connectivity index (χ0v) is 22.5. The lowest BCUT2D eigenvalue weighted by Gasteiger charge is -2.45. The second kappa shape index (κ2) is 18.7. The fourth-order valence-electron chi connectivity index (χ4n) is 4.63. The first-order valence-corrected chi connectivity index (χ1v) is 13.7. The molecule has 1 atom stereocenters. The molecule has 0 heterocycles. The summed E-state index contributed by atoms with van der Waals surface area (Å²) in [4.78, 5) is 35.8. The van der Waals surface area contributed by atoms with Crippen molar-refractivity contribution in [2.45, 2.75) is 135 Å². The number of quaternary nitrogens is 1. The van der Waals surface area contributed by atoms with E-state index in [1.165, 1.54) is 91.1 Å². The standard InChI is InChI=1S/C27H52N2O5/c1-5-7-8-9-10-11-12-13-14-15-16-17-18-19-20-21-24(30)28-23-29(3,4)27(22-6-2,25(31)32)26(33)34/h5-23H2,1-4H3,(H2-,28,30,31,32,33,34). The molecule has 0 aromatic carbocycles. The molecule has 200 valence electrons. The lowest BCUT2D eigenvalue weighted by molar-refractivity contribution is -0.927. The summed E-state index contributed by atoms with van der Waals surface area (Å²) in [5.41, 5.74) is -2.09. The Labute approximate surface area is 208 Å². The van der Waals surface area contributed by atoms with Crippen molar-refractivity contribution in [3.05, 3.63) is 0 Å². The second-order valence-corrected chi connectivity index (χ2v) is 10.3. The smallest absolute Gasteiger partial charge is 0.372 e. The van der Waals surface area contributed by atoms with E-state index in [0.717, 1.165) is 19.3 Å². The molecule has 0 saturated heterocycles. The molecule has 0 aliphatic rings. The average Bonchev–Trinajstić information content (AvgIpc) is 2.78. The highest BCUT2D eigenvalue weighted by Crippen LogP contribution is 2.26. The van der Waals surface area contributed by atoms with E-state index in [9.17, 15) is 24.6 Å². The fourth-order valence-corrected chi connectivity index (χ4v) is 4.63. The predicted molar refractivity (Wildman–Crippen MR) is 135 cm³/mol. The number of likely N-dealkylation sites (N-methyl/N-ethyl adjacent to an activating group) is 1. The molecular weight excluding hydrogens is 432 g/mol. The minimum absolute atomic E-state index is 0.0629. The Morgan fingerprint density at radius 2 is 1.15 bits per heavy atom. The van der Waals surface area contributed by atoms with E-state index in [2.05, 4.69) is 12.2 Å². The van der Waals surface area contributed by atoms with Gasteiger partial charge in [-0.05, 0) is 12.8 Å². The molecule has 0 bridgehead atoms. The van der Waals surface area contributed by atoms with Crippen LogP contribution < -0.4 is 10.4 Å². The summed E-state index contributed by atoms with van der Waals surface area (Å²) in [5.74, 6) is -3.23. The third-order valence-corrected chi connectivity index (χ3v) is 7.02. The highest BCUT2D eigenvalue weighted by Gasteiger charge is 2.53. The van der Waals surface area contributed by atoms with Gasteiger partial charge in [0.05, 0.1) is 14.1 Å². The van der Waals surface area contributed by atoms with Crippen molar-refractivity contribution in [3.63, 3.8) is 0 Å². The molecule has 34 heavy (non-hydrogen) atoms. The van der Waals surface area contributed by atoms with Gasteiger partial charge in [0, 0.05) is 12.8 Å². The molecule has 0 rings (SSSR count). The van der Waals surface area contributed by atoms with E-state index >= 15 is 0 Å². The topological polar surface area (TPSA) is 107 Å². The van der Waals surface area contributed by atoms with Gasteiger partial charge in [-0.3, -0.25) is 9.28 Å². The molecule has 0 fully saturated rings. The van der Waals surface area contributed by atoms with Gasteiger partial charge in [-0.1, -0.05) is 104 Å². The van der Waals surface area contributed by atoms with E-state index in [1.807, 2.05) is 0 Å². The quantitative estimate of drug-likeness (QED) is 0.0940. The van der Waals surface area contributed by atoms with Gasteiger partial charge in [0.15, 0.2) is 6.67 Å². The maximum absolute atomic E-state index is 12.2. The van der Waals surface area contributed by atoms with Crippen LogP contribution in [0.1, 0.15) is 129 Å². The first-order valence-electron chi connectivity index (χ1n) is 13.7. The minimum Gasteiger partial charge on any atom is -0.543 e. The largest absolute Gasteiger partial charge is 0.543 e. The molecule has 1 unspecified atom stereocenters. The Kier molecular flexibility index (Phi) is 17.8. The zero-order valence-electron chi connectivity index (χ0n) is 22.5. The summed E-state index contributed by atoms with van der Waals surface area (Å²) in [6.07, 6.45) is 19.6. The van der Waals surface area contributed by atoms with Crippen LogP contribution in [0.15, 0.2) is 0 Å². The molecule has 0 saturated carbocycles. The molecule has 1 amide bonds. The molecule has 7 nitrogen and oxygen atoms in total. The first-order chi connectivity index (χ1) is 16.2. The number of carboxylic acids is 2. The molecule has 2 N–H and O–H groups in total. The van der Waals surface area contributed by atoms with Gasteiger partial charge in [0.2, 0.25) is 11.4 Å². The molecule has 0 spiro atoms. The van der Waals surface area contributed by atoms with Crippen LogP contribution in [-0.4, -0.2) is 53.7 Å². The molecule has 0 aliphatic carbocycles. The van der Waals surface area contributed by atoms with Crippen LogP contribution in [0.4, 0.5) is 0 Å². The highest BCUT2D eigenvalue weighted by molar-refractivity contribution is 6.00. The van der Waals surface area contributed by atoms with Crippen molar-refractivity contribution < 1.29 is 29.1 Å². The number of aliphatic carboxylic acids is 2. The lowest BCUT2D eigenvalue weighted by atomic mass is 9.90. The van der Waals surface area contributed by atoms with Crippen molar-refractivity contribution in [2.75, 3.05) is 20.8 Å². The number of nitrogens with one attached hydrogen (secondary N) is 1. The van der Waals surface area contributed by atoms with Gasteiger partial charge < -0.3 is 20.3 Å². The van der Waals surface area contributed by atoms with Gasteiger partial charge in [-0.25, -0.2) is 4.79 Å². The molecule has 0 aromatic heterocycles. The number of nitrogens with zero attached hydrogens (tertiary/aromatic N) is 1. The summed E-state index contributed by atoms with van der Waals surface area (Å²) in [6.45, 7) is 3.91. The van der Waals surface area contributed by atoms with E-state index in [1.54, 1.807) is 6.92 Å². The number of unbranched alkanes of at least 4 members (excludes halogenated alkanes) is 14. The Morgan fingerprint density at radius 1 is 0.735 bits per heavy atom. The molecule has 0 radical (unpaired) electrons. The molecule has 0 aliphatic heterocycles. The summed E-state index contributed by atoms with van der Waals surface area (Å²) >= 11 is 0. The van der Waals surface area contributed by atoms with Gasteiger partial charge in [-0.15, -0.1) is 0 Å². The van der Waals surface area contributed by atoms with Crippen LogP contribution in [0.5, 0.6) is 0 Å². The van der Waals surface area contributed by atoms with Crippen molar-refractivity contribution >= 4 is 17.8 Å². The van der Waals surface area contributed by atoms with Gasteiger partial charge in [0.25, 0.3) is 0 Å². The van der Waals surface area contributed by atoms with Crippen LogP contribution in [0.3, 0.4) is 0 Å². The number of hydrogen-bond donors (Lipinski definition) is 2. The van der Waals surface area contributed by atoms with E-state index in [-0.39, 0.29) is 19.0 Å². The maximum atomic E-state index is 12.2. The normalized spacial score (nSPS) is 13.4. The van der Waals surface area contributed by atoms with Crippen LogP contribution in [0, 0.1) is 0 Å². The summed E-state index contributed by atoms with van der Waals surface area (Å²) in [7, 11) is 3.01. The summed E-state index contributed by atoms with van der Waals surface area (Å²) in [5, 5.41) is 24.1. The van der Waals surface area contributed by atoms with Gasteiger partial charge in [-0.2, -0.15) is 0 Å². The average molecular weight is 485 g/mol. The fraction of sp³-hybridized carbons (Fsp3) is 0.889. The zero-order chi connectivity index (χ0) is 25.9. The first kappa shape index (κ1) is 32.4. The van der Waals surface area contributed by atoms with E-state index < -0.39 is 22.0 Å². The van der Waals surface area contributed by atoms with Gasteiger partial charge >= 0.3 is 5.97 Å². The summed E-state index contributed by atoms with van der Waals surface area (Å²) in [6, 6.07) is 0. The number of carbonyl (C=O) groups excluding carboxylic acids is 2. The third-order valence-electron chi connectivity index (χ3n) is 7.02. The van der Waals surface area contributed by atoms with Crippen molar-refractivity contribution in [3.8, 4) is 0 Å². The number of hydrogen-bond acceptors (Lipinski definition) is 4. The number of rotatable bonds is 23. The van der Waals surface area contributed by atoms with Crippen LogP contribution in [-0.2, 0) is 14.4 Å². The van der Waals surface area contributed by atoms with E-state index in [4.69, 9.17) is 0 Å². The SMILES string of the molecule is CCCCCCCCCCCCCCCCCC(=O)NC[N+](C)(C)C(CCC)(C(=O)[O-])C(=O)O. The highest BCUT2D eigenvalue weighted by atomic mass is 16.4. The van der Waals surface area contributed by atoms with Crippen LogP contribution in [0.25, 0.3) is 0 Å². The van der Waals surface area contributed by atoms with Crippen molar-refractivity contribution in [1.82, 2.24) is 5.32 Å². The lowest BCUT2D eigenvalue weighted by Crippen LogP contribution is -2.73. The Hall–Kier alpha value is -1.63. The van der Waals surface area contributed by atoms with Crippen molar-refractivity contribution in [1.29, 1.82) is 0 Å². The molecular formula is C27H52N2O5. The molecule has 7 heteroatoms. The number of amides is 1. The summed E-state index contributed by atoms with van der Waals surface area (Å²) < 4.78 is -0.400.